The Balaban J connectivity index is 2.56. The Morgan fingerprint density at radius 2 is 2.36 bits per heavy atom. The van der Waals surface area contributed by atoms with Gasteiger partial charge in [0, 0.05) is 0 Å². The van der Waals surface area contributed by atoms with Crippen LogP contribution in [0.4, 0.5) is 0 Å². The third-order valence-electron chi connectivity index (χ3n) is 2.91. The molecule has 2 unspecified atom stereocenters. The van der Waals surface area contributed by atoms with Crippen LogP contribution in [0.2, 0.25) is 0 Å². The van der Waals surface area contributed by atoms with Crippen LogP contribution in [0.15, 0.2) is 12.7 Å². The van der Waals surface area contributed by atoms with E-state index in [1.54, 1.807) is 0 Å². The standard InChI is InChI=1S/C10H18O/c1-3-7-10(11)8-5-4-6-9(10)2/h3,9,11H,1,4-8H2,2H3. The van der Waals surface area contributed by atoms with Crippen molar-refractivity contribution in [1.29, 1.82) is 0 Å². The summed E-state index contributed by atoms with van der Waals surface area (Å²) in [5.41, 5.74) is -0.431. The van der Waals surface area contributed by atoms with Crippen LogP contribution in [0.5, 0.6) is 0 Å². The number of rotatable bonds is 2. The lowest BCUT2D eigenvalue weighted by Crippen LogP contribution is -2.38. The molecule has 0 radical (unpaired) electrons. The molecule has 1 rings (SSSR count). The lowest BCUT2D eigenvalue weighted by atomic mass is 9.75. The first kappa shape index (κ1) is 8.79. The molecule has 1 saturated carbocycles. The van der Waals surface area contributed by atoms with Crippen LogP contribution in [-0.2, 0) is 0 Å². The van der Waals surface area contributed by atoms with Gasteiger partial charge in [-0.15, -0.1) is 6.58 Å². The molecule has 0 heterocycles. The van der Waals surface area contributed by atoms with Crippen molar-refractivity contribution in [2.24, 2.45) is 5.92 Å². The molecule has 2 atom stereocenters. The maximum Gasteiger partial charge on any atom is 0.0707 e. The molecule has 0 saturated heterocycles. The normalized spacial score (nSPS) is 38.5. The maximum absolute atomic E-state index is 10.1. The summed E-state index contributed by atoms with van der Waals surface area (Å²) in [5, 5.41) is 10.1. The van der Waals surface area contributed by atoms with E-state index in [1.807, 2.05) is 6.08 Å². The fraction of sp³-hybridized carbons (Fsp3) is 0.800. The lowest BCUT2D eigenvalue weighted by Gasteiger charge is -2.37. The van der Waals surface area contributed by atoms with Gasteiger partial charge in [0.05, 0.1) is 5.60 Å². The van der Waals surface area contributed by atoms with Gasteiger partial charge in [-0.1, -0.05) is 25.8 Å². The van der Waals surface area contributed by atoms with Crippen molar-refractivity contribution >= 4 is 0 Å². The van der Waals surface area contributed by atoms with E-state index in [4.69, 9.17) is 0 Å². The van der Waals surface area contributed by atoms with Gasteiger partial charge in [0.1, 0.15) is 0 Å². The smallest absolute Gasteiger partial charge is 0.0707 e. The molecule has 0 aromatic heterocycles. The van der Waals surface area contributed by atoms with Gasteiger partial charge in [0.25, 0.3) is 0 Å². The van der Waals surface area contributed by atoms with Crippen LogP contribution in [0.3, 0.4) is 0 Å². The predicted molar refractivity (Wildman–Crippen MR) is 47.4 cm³/mol. The van der Waals surface area contributed by atoms with E-state index >= 15 is 0 Å². The molecule has 1 nitrogen and oxygen atoms in total. The summed E-state index contributed by atoms with van der Waals surface area (Å²) in [4.78, 5) is 0. The van der Waals surface area contributed by atoms with Gasteiger partial charge >= 0.3 is 0 Å². The van der Waals surface area contributed by atoms with E-state index in [9.17, 15) is 5.11 Å². The summed E-state index contributed by atoms with van der Waals surface area (Å²) >= 11 is 0. The van der Waals surface area contributed by atoms with Crippen LogP contribution in [0.25, 0.3) is 0 Å². The monoisotopic (exact) mass is 154 g/mol. The zero-order chi connectivity index (χ0) is 8.32. The average Bonchev–Trinajstić information content (AvgIpc) is 1.96. The van der Waals surface area contributed by atoms with E-state index in [2.05, 4.69) is 13.5 Å². The quantitative estimate of drug-likeness (QED) is 0.606. The van der Waals surface area contributed by atoms with Crippen molar-refractivity contribution in [2.45, 2.75) is 44.6 Å². The second-order valence-electron chi connectivity index (χ2n) is 3.74. The van der Waals surface area contributed by atoms with Crippen LogP contribution >= 0.6 is 0 Å². The first-order valence-corrected chi connectivity index (χ1v) is 4.52. The molecule has 1 fully saturated rings. The Hall–Kier alpha value is -0.300. The summed E-state index contributed by atoms with van der Waals surface area (Å²) in [6.07, 6.45) is 7.18. The third kappa shape index (κ3) is 1.84. The molecular formula is C10H18O. The lowest BCUT2D eigenvalue weighted by molar-refractivity contribution is -0.0382. The van der Waals surface area contributed by atoms with Gasteiger partial charge < -0.3 is 5.11 Å². The van der Waals surface area contributed by atoms with Gasteiger partial charge in [0.2, 0.25) is 0 Å². The molecule has 64 valence electrons. The first-order valence-electron chi connectivity index (χ1n) is 4.52. The average molecular weight is 154 g/mol. The fourth-order valence-corrected chi connectivity index (χ4v) is 1.95. The summed E-state index contributed by atoms with van der Waals surface area (Å²) in [7, 11) is 0. The van der Waals surface area contributed by atoms with Crippen molar-refractivity contribution < 1.29 is 5.11 Å². The van der Waals surface area contributed by atoms with Crippen molar-refractivity contribution in [2.75, 3.05) is 0 Å². The van der Waals surface area contributed by atoms with Crippen LogP contribution in [0.1, 0.15) is 39.0 Å². The SMILES string of the molecule is C=CCC1(O)CCCCC1C. The second-order valence-corrected chi connectivity index (χ2v) is 3.74. The van der Waals surface area contributed by atoms with E-state index < -0.39 is 5.60 Å². The molecule has 0 aromatic carbocycles. The Kier molecular flexibility index (Phi) is 2.72. The maximum atomic E-state index is 10.1. The molecule has 0 aliphatic heterocycles. The van der Waals surface area contributed by atoms with Gasteiger partial charge in [0.15, 0.2) is 0 Å². The van der Waals surface area contributed by atoms with E-state index in [-0.39, 0.29) is 0 Å². The molecule has 11 heavy (non-hydrogen) atoms. The highest BCUT2D eigenvalue weighted by Gasteiger charge is 2.34. The largest absolute Gasteiger partial charge is 0.389 e. The van der Waals surface area contributed by atoms with E-state index in [0.717, 1.165) is 12.8 Å². The molecule has 0 aromatic rings. The third-order valence-corrected chi connectivity index (χ3v) is 2.91. The van der Waals surface area contributed by atoms with Crippen molar-refractivity contribution in [3.63, 3.8) is 0 Å². The number of aliphatic hydroxyl groups is 1. The van der Waals surface area contributed by atoms with Crippen LogP contribution in [0, 0.1) is 5.92 Å². The van der Waals surface area contributed by atoms with Crippen molar-refractivity contribution in [3.8, 4) is 0 Å². The van der Waals surface area contributed by atoms with E-state index in [0.29, 0.717) is 5.92 Å². The van der Waals surface area contributed by atoms with Gasteiger partial charge in [-0.05, 0) is 25.2 Å². The Bertz CT molecular complexity index is 142. The number of hydrogen-bond acceptors (Lipinski definition) is 1. The predicted octanol–water partition coefficient (Wildman–Crippen LogP) is 2.50. The fourth-order valence-electron chi connectivity index (χ4n) is 1.95. The minimum Gasteiger partial charge on any atom is -0.389 e. The summed E-state index contributed by atoms with van der Waals surface area (Å²) in [6.45, 7) is 5.82. The summed E-state index contributed by atoms with van der Waals surface area (Å²) < 4.78 is 0. The second kappa shape index (κ2) is 3.40. The number of hydrogen-bond donors (Lipinski definition) is 1. The molecular weight excluding hydrogens is 136 g/mol. The zero-order valence-electron chi connectivity index (χ0n) is 7.34. The molecule has 1 aliphatic rings. The van der Waals surface area contributed by atoms with E-state index in [1.165, 1.54) is 19.3 Å². The Labute approximate surface area is 69.1 Å². The topological polar surface area (TPSA) is 20.2 Å². The summed E-state index contributed by atoms with van der Waals surface area (Å²) in [5.74, 6) is 0.453. The molecule has 0 spiro atoms. The molecule has 0 bridgehead atoms. The van der Waals surface area contributed by atoms with Gasteiger partial charge in [-0.3, -0.25) is 0 Å². The van der Waals surface area contributed by atoms with Gasteiger partial charge in [-0.2, -0.15) is 0 Å². The zero-order valence-corrected chi connectivity index (χ0v) is 7.34. The Morgan fingerprint density at radius 3 is 2.91 bits per heavy atom. The van der Waals surface area contributed by atoms with Crippen molar-refractivity contribution in [1.82, 2.24) is 0 Å². The van der Waals surface area contributed by atoms with Crippen LogP contribution in [-0.4, -0.2) is 10.7 Å². The highest BCUT2D eigenvalue weighted by Crippen LogP contribution is 2.35. The Morgan fingerprint density at radius 1 is 1.64 bits per heavy atom. The molecule has 0 amide bonds. The van der Waals surface area contributed by atoms with Crippen LogP contribution < -0.4 is 0 Å². The van der Waals surface area contributed by atoms with Crippen molar-refractivity contribution in [3.05, 3.63) is 12.7 Å². The highest BCUT2D eigenvalue weighted by atomic mass is 16.3. The highest BCUT2D eigenvalue weighted by molar-refractivity contribution is 4.92. The van der Waals surface area contributed by atoms with Gasteiger partial charge in [-0.25, -0.2) is 0 Å². The first-order chi connectivity index (χ1) is 5.19. The molecule has 1 aliphatic carbocycles. The molecule has 1 heteroatoms. The minimum atomic E-state index is -0.431. The molecule has 1 N–H and O–H groups in total. The summed E-state index contributed by atoms with van der Waals surface area (Å²) in [6, 6.07) is 0. The minimum absolute atomic E-state index is 0.431.